The van der Waals surface area contributed by atoms with Gasteiger partial charge in [0.25, 0.3) is 5.91 Å². The van der Waals surface area contributed by atoms with Crippen molar-refractivity contribution in [3.63, 3.8) is 0 Å². The molecule has 0 radical (unpaired) electrons. The zero-order chi connectivity index (χ0) is 22.5. The number of halogens is 1. The number of nitrogens with two attached hydrogens (primary N) is 1. The Bertz CT molecular complexity index is 1160. The van der Waals surface area contributed by atoms with Gasteiger partial charge in [0.1, 0.15) is 11.6 Å². The van der Waals surface area contributed by atoms with Crippen LogP contribution in [-0.2, 0) is 16.1 Å². The number of hydrogen-bond donors (Lipinski definition) is 4. The molecule has 1 amide bonds. The number of anilines is 2. The summed E-state index contributed by atoms with van der Waals surface area (Å²) in [6.07, 6.45) is 0. The number of methoxy groups -OCH3 is 1. The number of amides is 1. The van der Waals surface area contributed by atoms with Crippen LogP contribution in [0.15, 0.2) is 30.3 Å². The Hall–Kier alpha value is -3.90. The number of ether oxygens (including phenoxy) is 2. The lowest BCUT2D eigenvalue weighted by Crippen LogP contribution is -2.25. The van der Waals surface area contributed by atoms with Gasteiger partial charge in [-0.25, -0.2) is 23.9 Å². The third-order valence-corrected chi connectivity index (χ3v) is 4.14. The van der Waals surface area contributed by atoms with E-state index in [2.05, 4.69) is 25.0 Å². The molecule has 12 nitrogen and oxygen atoms in total. The largest absolute Gasteiger partial charge is 0.482 e. The van der Waals surface area contributed by atoms with E-state index in [9.17, 15) is 14.4 Å². The van der Waals surface area contributed by atoms with E-state index in [1.165, 1.54) is 13.2 Å². The van der Waals surface area contributed by atoms with Crippen LogP contribution in [0.25, 0.3) is 5.65 Å². The van der Waals surface area contributed by atoms with Gasteiger partial charge in [0, 0.05) is 18.7 Å². The van der Waals surface area contributed by atoms with E-state index in [4.69, 9.17) is 27.4 Å². The molecule has 0 bridgehead atoms. The average Bonchev–Trinajstić information content (AvgIpc) is 3.13. The van der Waals surface area contributed by atoms with E-state index in [0.29, 0.717) is 18.0 Å². The third-order valence-electron chi connectivity index (χ3n) is 4.01. The summed E-state index contributed by atoms with van der Waals surface area (Å²) in [6, 6.07) is 7.98. The molecule has 2 aromatic heterocycles. The first kappa shape index (κ1) is 21.8. The smallest absolute Gasteiger partial charge is 0.356 e. The van der Waals surface area contributed by atoms with Gasteiger partial charge in [0.15, 0.2) is 23.6 Å². The van der Waals surface area contributed by atoms with Crippen LogP contribution in [0.1, 0.15) is 26.5 Å². The SMILES string of the molecule is COC(=O)c1cc(C(=O)O)nc2cc(N)nn12.O=C1COc2ccc(CNCl)cc2N1. The first-order valence-corrected chi connectivity index (χ1v) is 9.07. The summed E-state index contributed by atoms with van der Waals surface area (Å²) in [7, 11) is 1.18. The molecule has 0 fully saturated rings. The molecule has 0 saturated heterocycles. The Labute approximate surface area is 180 Å². The van der Waals surface area contributed by atoms with Crippen molar-refractivity contribution in [1.82, 2.24) is 19.4 Å². The van der Waals surface area contributed by atoms with Crippen LogP contribution in [0.4, 0.5) is 11.5 Å². The highest BCUT2D eigenvalue weighted by Crippen LogP contribution is 2.28. The van der Waals surface area contributed by atoms with Crippen LogP contribution in [0.3, 0.4) is 0 Å². The normalized spacial score (nSPS) is 12.1. The highest BCUT2D eigenvalue weighted by molar-refractivity contribution is 6.13. The lowest BCUT2D eigenvalue weighted by Gasteiger charge is -2.18. The third kappa shape index (κ3) is 4.99. The van der Waals surface area contributed by atoms with Gasteiger partial charge in [-0.1, -0.05) is 6.07 Å². The van der Waals surface area contributed by atoms with Crippen LogP contribution in [0.5, 0.6) is 5.75 Å². The molecular weight excluding hydrogens is 432 g/mol. The Balaban J connectivity index is 0.000000179. The molecule has 0 atom stereocenters. The van der Waals surface area contributed by atoms with Crippen LogP contribution in [0.2, 0.25) is 0 Å². The van der Waals surface area contributed by atoms with E-state index in [1.807, 2.05) is 18.2 Å². The molecule has 162 valence electrons. The van der Waals surface area contributed by atoms with Gasteiger partial charge in [-0.3, -0.25) is 4.79 Å². The number of fused-ring (bicyclic) bond motifs is 2. The average molecular weight is 449 g/mol. The topological polar surface area (TPSA) is 170 Å². The number of esters is 1. The molecule has 0 unspecified atom stereocenters. The second-order valence-electron chi connectivity index (χ2n) is 6.14. The number of carboxylic acids is 1. The van der Waals surface area contributed by atoms with Crippen molar-refractivity contribution in [3.05, 3.63) is 47.3 Å². The molecule has 4 rings (SSSR count). The summed E-state index contributed by atoms with van der Waals surface area (Å²) in [5.41, 5.74) is 6.99. The van der Waals surface area contributed by atoms with Gasteiger partial charge in [-0.2, -0.15) is 0 Å². The lowest BCUT2D eigenvalue weighted by molar-refractivity contribution is -0.118. The molecule has 0 spiro atoms. The Morgan fingerprint density at radius 3 is 2.84 bits per heavy atom. The molecule has 31 heavy (non-hydrogen) atoms. The van der Waals surface area contributed by atoms with Gasteiger partial charge < -0.3 is 25.6 Å². The van der Waals surface area contributed by atoms with Crippen molar-refractivity contribution in [2.75, 3.05) is 24.8 Å². The molecule has 1 aliphatic heterocycles. The number of nitrogens with one attached hydrogen (secondary N) is 2. The molecule has 0 aliphatic carbocycles. The number of aromatic carboxylic acids is 1. The zero-order valence-corrected chi connectivity index (χ0v) is 16.8. The second kappa shape index (κ2) is 9.28. The number of carbonyl (C=O) groups is 3. The Morgan fingerprint density at radius 2 is 2.16 bits per heavy atom. The summed E-state index contributed by atoms with van der Waals surface area (Å²) in [6.45, 7) is 0.630. The standard InChI is InChI=1S/C9H9ClN2O2.C9H8N4O4/c10-11-4-6-1-2-8-7(3-6)12-9(13)5-14-8;1-17-9(16)5-2-4(8(14)15)11-7-3-6(10)12-13(5)7/h1-3,11H,4-5H2,(H,12,13);2-3H,1H3,(H2,10,12)(H,14,15). The number of nitrogen functional groups attached to an aromatic ring is 1. The fraction of sp³-hybridized carbons (Fsp3) is 0.167. The van der Waals surface area contributed by atoms with Crippen molar-refractivity contribution in [2.24, 2.45) is 0 Å². The quantitative estimate of drug-likeness (QED) is 0.334. The van der Waals surface area contributed by atoms with E-state index in [1.54, 1.807) is 0 Å². The number of carbonyl (C=O) groups excluding carboxylic acids is 2. The van der Waals surface area contributed by atoms with Gasteiger partial charge in [0.2, 0.25) is 0 Å². The van der Waals surface area contributed by atoms with Crippen molar-refractivity contribution in [1.29, 1.82) is 0 Å². The molecule has 1 aliphatic rings. The second-order valence-corrected chi connectivity index (χ2v) is 6.41. The van der Waals surface area contributed by atoms with Crippen LogP contribution >= 0.6 is 11.8 Å². The van der Waals surface area contributed by atoms with Crippen molar-refractivity contribution in [2.45, 2.75) is 6.54 Å². The summed E-state index contributed by atoms with van der Waals surface area (Å²) in [5.74, 6) is -1.28. The Morgan fingerprint density at radius 1 is 1.39 bits per heavy atom. The number of benzene rings is 1. The summed E-state index contributed by atoms with van der Waals surface area (Å²) in [4.78, 5) is 39.6. The fourth-order valence-electron chi connectivity index (χ4n) is 2.67. The predicted octanol–water partition coefficient (Wildman–Crippen LogP) is 1.06. The van der Waals surface area contributed by atoms with E-state index in [0.717, 1.165) is 16.1 Å². The van der Waals surface area contributed by atoms with E-state index in [-0.39, 0.29) is 35.4 Å². The lowest BCUT2D eigenvalue weighted by atomic mass is 10.1. The van der Waals surface area contributed by atoms with Crippen molar-refractivity contribution < 1.29 is 29.0 Å². The van der Waals surface area contributed by atoms with Gasteiger partial charge in [-0.15, -0.1) is 5.10 Å². The highest BCUT2D eigenvalue weighted by Gasteiger charge is 2.18. The van der Waals surface area contributed by atoms with Gasteiger partial charge in [0.05, 0.1) is 12.8 Å². The first-order valence-electron chi connectivity index (χ1n) is 8.69. The van der Waals surface area contributed by atoms with E-state index >= 15 is 0 Å². The molecule has 1 aromatic carbocycles. The minimum absolute atomic E-state index is 0.0494. The predicted molar refractivity (Wildman–Crippen MR) is 109 cm³/mol. The van der Waals surface area contributed by atoms with Crippen molar-refractivity contribution >= 4 is 46.8 Å². The summed E-state index contributed by atoms with van der Waals surface area (Å²) < 4.78 is 10.9. The van der Waals surface area contributed by atoms with Gasteiger partial charge >= 0.3 is 11.9 Å². The maximum atomic E-state index is 11.5. The molecule has 0 saturated carbocycles. The minimum atomic E-state index is -1.25. The number of hydrogen-bond acceptors (Lipinski definition) is 9. The van der Waals surface area contributed by atoms with Crippen LogP contribution in [-0.4, -0.2) is 51.3 Å². The number of aromatic nitrogens is 3. The first-order chi connectivity index (χ1) is 14.8. The maximum Gasteiger partial charge on any atom is 0.356 e. The maximum absolute atomic E-state index is 11.5. The molecule has 5 N–H and O–H groups in total. The Kier molecular flexibility index (Phi) is 6.52. The molecular formula is C18H17ClN6O6. The monoisotopic (exact) mass is 448 g/mol. The summed E-state index contributed by atoms with van der Waals surface area (Å²) in [5, 5.41) is 15.4. The molecule has 13 heteroatoms. The zero-order valence-electron chi connectivity index (χ0n) is 16.1. The van der Waals surface area contributed by atoms with Gasteiger partial charge in [-0.05, 0) is 29.5 Å². The number of rotatable bonds is 4. The number of nitrogens with zero attached hydrogens (tertiary/aromatic N) is 3. The molecule has 3 aromatic rings. The van der Waals surface area contributed by atoms with Crippen molar-refractivity contribution in [3.8, 4) is 5.75 Å². The summed E-state index contributed by atoms with van der Waals surface area (Å²) >= 11 is 5.38. The van der Waals surface area contributed by atoms with E-state index < -0.39 is 11.9 Å². The highest BCUT2D eigenvalue weighted by atomic mass is 35.5. The fourth-order valence-corrected chi connectivity index (χ4v) is 2.82. The minimum Gasteiger partial charge on any atom is -0.482 e. The molecule has 3 heterocycles. The number of carboxylic acid groups (broad SMARTS) is 1. The van der Waals surface area contributed by atoms with Crippen LogP contribution in [0, 0.1) is 0 Å². The van der Waals surface area contributed by atoms with Crippen LogP contribution < -0.4 is 20.6 Å².